The van der Waals surface area contributed by atoms with E-state index < -0.39 is 0 Å². The predicted octanol–water partition coefficient (Wildman–Crippen LogP) is 3.75. The van der Waals surface area contributed by atoms with E-state index in [0.717, 1.165) is 41.4 Å². The zero-order valence-corrected chi connectivity index (χ0v) is 16.4. The SMILES string of the molecule is Cn1cc(N=c2ncc3cc(-c4ccc(Cl)cc4Cl)c4n(c-3n2)CCN4)cn1. The average Bonchev–Trinajstić information content (AvgIpc) is 3.31. The zero-order valence-electron chi connectivity index (χ0n) is 14.9. The van der Waals surface area contributed by atoms with Gasteiger partial charge in [0.1, 0.15) is 17.3 Å². The Hall–Kier alpha value is -2.90. The maximum absolute atomic E-state index is 6.46. The fourth-order valence-electron chi connectivity index (χ4n) is 3.41. The first-order chi connectivity index (χ1) is 13.6. The van der Waals surface area contributed by atoms with Crippen molar-refractivity contribution in [3.63, 3.8) is 0 Å². The Bertz CT molecular complexity index is 1240. The number of nitrogens with one attached hydrogen (secondary N) is 1. The van der Waals surface area contributed by atoms with E-state index in [0.29, 0.717) is 21.4 Å². The minimum absolute atomic E-state index is 0.402. The number of aryl methyl sites for hydroxylation is 1. The molecule has 0 spiro atoms. The third-order valence-electron chi connectivity index (χ3n) is 4.63. The summed E-state index contributed by atoms with van der Waals surface area (Å²) < 4.78 is 3.83. The molecule has 0 unspecified atom stereocenters. The molecule has 0 saturated carbocycles. The Labute approximate surface area is 170 Å². The summed E-state index contributed by atoms with van der Waals surface area (Å²) in [6.07, 6.45) is 5.28. The van der Waals surface area contributed by atoms with Crippen molar-refractivity contribution in [1.82, 2.24) is 24.3 Å². The molecule has 0 radical (unpaired) electrons. The van der Waals surface area contributed by atoms with Crippen LogP contribution < -0.4 is 10.9 Å². The number of nitrogens with zero attached hydrogens (tertiary/aromatic N) is 6. The molecule has 5 rings (SSSR count). The Kier molecular flexibility index (Phi) is 4.07. The highest BCUT2D eigenvalue weighted by Gasteiger charge is 2.23. The molecule has 9 heteroatoms. The lowest BCUT2D eigenvalue weighted by atomic mass is 10.0. The van der Waals surface area contributed by atoms with Gasteiger partial charge in [0.25, 0.3) is 5.62 Å². The summed E-state index contributed by atoms with van der Waals surface area (Å²) in [5.41, 5.74) is 3.94. The number of hydrogen-bond acceptors (Lipinski definition) is 5. The van der Waals surface area contributed by atoms with Gasteiger partial charge in [-0.05, 0) is 18.2 Å². The minimum atomic E-state index is 0.402. The fourth-order valence-corrected chi connectivity index (χ4v) is 3.92. The van der Waals surface area contributed by atoms with Crippen molar-refractivity contribution in [2.24, 2.45) is 12.0 Å². The second-order valence-corrected chi connectivity index (χ2v) is 7.39. The number of hydrogen-bond donors (Lipinski definition) is 1. The summed E-state index contributed by atoms with van der Waals surface area (Å²) in [5.74, 6) is 1.80. The molecule has 1 N–H and O–H groups in total. The van der Waals surface area contributed by atoms with Crippen molar-refractivity contribution in [2.45, 2.75) is 6.54 Å². The van der Waals surface area contributed by atoms with Gasteiger partial charge in [-0.15, -0.1) is 0 Å². The molecule has 0 fully saturated rings. The highest BCUT2D eigenvalue weighted by atomic mass is 35.5. The van der Waals surface area contributed by atoms with Gasteiger partial charge in [-0.1, -0.05) is 29.3 Å². The van der Waals surface area contributed by atoms with Crippen LogP contribution >= 0.6 is 23.2 Å². The smallest absolute Gasteiger partial charge is 0.251 e. The van der Waals surface area contributed by atoms with Crippen LogP contribution in [0, 0.1) is 0 Å². The van der Waals surface area contributed by atoms with E-state index >= 15 is 0 Å². The normalized spacial score (nSPS) is 13.8. The molecule has 1 aromatic heterocycles. The number of pyridine rings is 1. The summed E-state index contributed by atoms with van der Waals surface area (Å²) in [5, 5.41) is 8.78. The van der Waals surface area contributed by atoms with E-state index in [1.807, 2.05) is 31.4 Å². The molecule has 2 aromatic rings. The van der Waals surface area contributed by atoms with E-state index in [4.69, 9.17) is 23.2 Å². The van der Waals surface area contributed by atoms with Crippen molar-refractivity contribution >= 4 is 34.7 Å². The van der Waals surface area contributed by atoms with Gasteiger partial charge in [-0.3, -0.25) is 4.68 Å². The second kappa shape index (κ2) is 6.61. The van der Waals surface area contributed by atoms with Gasteiger partial charge in [0, 0.05) is 48.0 Å². The van der Waals surface area contributed by atoms with Gasteiger partial charge in [0.05, 0.1) is 17.4 Å². The Morgan fingerprint density at radius 2 is 2.04 bits per heavy atom. The topological polar surface area (TPSA) is 72.9 Å². The first kappa shape index (κ1) is 17.2. The monoisotopic (exact) mass is 411 g/mol. The molecular weight excluding hydrogens is 397 g/mol. The maximum Gasteiger partial charge on any atom is 0.251 e. The number of halogens is 2. The first-order valence-corrected chi connectivity index (χ1v) is 9.47. The quantitative estimate of drug-likeness (QED) is 0.544. The van der Waals surface area contributed by atoms with Crippen LogP contribution in [0.1, 0.15) is 0 Å². The molecule has 0 atom stereocenters. The molecule has 0 saturated heterocycles. The molecule has 3 aliphatic rings. The second-order valence-electron chi connectivity index (χ2n) is 6.54. The van der Waals surface area contributed by atoms with E-state index in [-0.39, 0.29) is 0 Å². The lowest BCUT2D eigenvalue weighted by molar-refractivity contribution is 0.767. The van der Waals surface area contributed by atoms with Gasteiger partial charge in [0.15, 0.2) is 0 Å². The molecule has 0 amide bonds. The Morgan fingerprint density at radius 1 is 1.14 bits per heavy atom. The van der Waals surface area contributed by atoms with Crippen LogP contribution in [-0.2, 0) is 13.6 Å². The number of aromatic nitrogens is 5. The predicted molar refractivity (Wildman–Crippen MR) is 109 cm³/mol. The number of anilines is 1. The van der Waals surface area contributed by atoms with Gasteiger partial charge < -0.3 is 9.88 Å². The third-order valence-corrected chi connectivity index (χ3v) is 5.18. The van der Waals surface area contributed by atoms with Gasteiger partial charge >= 0.3 is 0 Å². The van der Waals surface area contributed by atoms with Crippen molar-refractivity contribution in [2.75, 3.05) is 11.9 Å². The molecule has 140 valence electrons. The third kappa shape index (κ3) is 2.93. The lowest BCUT2D eigenvalue weighted by Crippen LogP contribution is -2.17. The Balaban J connectivity index is 1.71. The van der Waals surface area contributed by atoms with Crippen LogP contribution in [0.5, 0.6) is 0 Å². The van der Waals surface area contributed by atoms with Gasteiger partial charge in [-0.25, -0.2) is 9.98 Å². The standard InChI is InChI=1S/C19H15Cl2N7/c1-27-10-13(9-24-27)25-19-23-8-11-6-15(14-3-2-12(20)7-16(14)21)18-22-4-5-28(18)17(11)26-19/h2-3,6-10,22H,4-5H2,1H3. The van der Waals surface area contributed by atoms with E-state index in [1.54, 1.807) is 23.1 Å². The van der Waals surface area contributed by atoms with Crippen LogP contribution in [0.4, 0.5) is 11.5 Å². The summed E-state index contributed by atoms with van der Waals surface area (Å²) in [4.78, 5) is 13.5. The average molecular weight is 412 g/mol. The zero-order chi connectivity index (χ0) is 19.3. The van der Waals surface area contributed by atoms with E-state index in [2.05, 4.69) is 29.9 Å². The number of fused-ring (bicyclic) bond motifs is 3. The van der Waals surface area contributed by atoms with Crippen LogP contribution in [0.25, 0.3) is 22.5 Å². The van der Waals surface area contributed by atoms with Crippen LogP contribution in [-0.4, -0.2) is 30.9 Å². The van der Waals surface area contributed by atoms with Crippen molar-refractivity contribution in [1.29, 1.82) is 0 Å². The highest BCUT2D eigenvalue weighted by molar-refractivity contribution is 6.36. The Morgan fingerprint density at radius 3 is 2.82 bits per heavy atom. The molecule has 0 bridgehead atoms. The molecule has 4 heterocycles. The molecule has 7 nitrogen and oxygen atoms in total. The summed E-state index contributed by atoms with van der Waals surface area (Å²) in [6.45, 7) is 1.62. The highest BCUT2D eigenvalue weighted by Crippen LogP contribution is 2.40. The minimum Gasteiger partial charge on any atom is -0.369 e. The maximum atomic E-state index is 6.46. The lowest BCUT2D eigenvalue weighted by Gasteiger charge is -2.17. The largest absolute Gasteiger partial charge is 0.369 e. The van der Waals surface area contributed by atoms with Crippen LogP contribution in [0.3, 0.4) is 0 Å². The number of benzene rings is 1. The molecular formula is C19H15Cl2N7. The van der Waals surface area contributed by atoms with Crippen molar-refractivity contribution in [3.05, 3.63) is 58.5 Å². The van der Waals surface area contributed by atoms with Gasteiger partial charge in [-0.2, -0.15) is 10.1 Å². The van der Waals surface area contributed by atoms with Crippen molar-refractivity contribution < 1.29 is 0 Å². The summed E-state index contributed by atoms with van der Waals surface area (Å²) in [7, 11) is 1.85. The fraction of sp³-hybridized carbons (Fsp3) is 0.158. The van der Waals surface area contributed by atoms with E-state index in [1.165, 1.54) is 0 Å². The van der Waals surface area contributed by atoms with Gasteiger partial charge in [0.2, 0.25) is 0 Å². The van der Waals surface area contributed by atoms with Crippen LogP contribution in [0.15, 0.2) is 47.8 Å². The van der Waals surface area contributed by atoms with Crippen LogP contribution in [0.2, 0.25) is 10.0 Å². The van der Waals surface area contributed by atoms with Crippen molar-refractivity contribution in [3.8, 4) is 22.5 Å². The molecule has 1 aromatic carbocycles. The molecule has 28 heavy (non-hydrogen) atoms. The summed E-state index contributed by atoms with van der Waals surface area (Å²) >= 11 is 12.5. The number of rotatable bonds is 2. The molecule has 0 aliphatic carbocycles. The van der Waals surface area contributed by atoms with E-state index in [9.17, 15) is 0 Å². The summed E-state index contributed by atoms with van der Waals surface area (Å²) in [6, 6.07) is 7.56. The molecule has 3 aliphatic heterocycles. The first-order valence-electron chi connectivity index (χ1n) is 8.72.